The Bertz CT molecular complexity index is 94.7. The third-order valence-electron chi connectivity index (χ3n) is 2.87. The highest BCUT2D eigenvalue weighted by molar-refractivity contribution is 7.97. The van der Waals surface area contributed by atoms with Crippen molar-refractivity contribution < 1.29 is 0 Å². The molecule has 0 aromatic carbocycles. The average Bonchev–Trinajstić information content (AvgIpc) is 2.26. The molecule has 0 spiro atoms. The van der Waals surface area contributed by atoms with Crippen molar-refractivity contribution in [3.8, 4) is 0 Å². The van der Waals surface area contributed by atoms with Gasteiger partial charge in [0.15, 0.2) is 0 Å². The van der Waals surface area contributed by atoms with Gasteiger partial charge in [0.2, 0.25) is 0 Å². The topological polar surface area (TPSA) is 26.0 Å². The van der Waals surface area contributed by atoms with Crippen LogP contribution in [0.3, 0.4) is 0 Å². The van der Waals surface area contributed by atoms with Crippen molar-refractivity contribution in [2.24, 2.45) is 5.14 Å². The van der Waals surface area contributed by atoms with E-state index < -0.39 is 0 Å². The van der Waals surface area contributed by atoms with Gasteiger partial charge >= 0.3 is 0 Å². The zero-order valence-corrected chi connectivity index (χ0v) is 11.3. The Morgan fingerprint density at radius 2 is 1.07 bits per heavy atom. The monoisotopic (exact) mass is 231 g/mol. The Labute approximate surface area is 101 Å². The summed E-state index contributed by atoms with van der Waals surface area (Å²) in [4.78, 5) is 0. The van der Waals surface area contributed by atoms with Gasteiger partial charge in [-0.15, -0.1) is 0 Å². The molecule has 0 unspecified atom stereocenters. The molecule has 0 saturated heterocycles. The first-order valence-corrected chi connectivity index (χ1v) is 7.78. The van der Waals surface area contributed by atoms with Gasteiger partial charge in [-0.25, -0.2) is 0 Å². The molecule has 0 fully saturated rings. The second-order valence-corrected chi connectivity index (χ2v) is 5.15. The third-order valence-corrected chi connectivity index (χ3v) is 3.39. The van der Waals surface area contributed by atoms with Crippen LogP contribution >= 0.6 is 11.9 Å². The number of unbranched alkanes of at least 4 members (excludes halogenated alkanes) is 10. The number of hydrogen-bond donors (Lipinski definition) is 1. The normalized spacial score (nSPS) is 10.8. The standard InChI is InChI=1S/C13H29NS/c1-2-3-4-5-6-7-8-9-10-11-12-13-15-14/h2-14H2,1H3. The molecule has 0 rings (SSSR count). The minimum absolute atomic E-state index is 1.14. The lowest BCUT2D eigenvalue weighted by molar-refractivity contribution is 0.555. The summed E-state index contributed by atoms with van der Waals surface area (Å²) >= 11 is 1.48. The molecule has 15 heavy (non-hydrogen) atoms. The van der Waals surface area contributed by atoms with Crippen molar-refractivity contribution >= 4 is 11.9 Å². The lowest BCUT2D eigenvalue weighted by Gasteiger charge is -2.01. The van der Waals surface area contributed by atoms with E-state index in [1.165, 1.54) is 82.6 Å². The van der Waals surface area contributed by atoms with Crippen molar-refractivity contribution in [1.29, 1.82) is 0 Å². The SMILES string of the molecule is CCCCCCCCCCCCCSN. The van der Waals surface area contributed by atoms with E-state index in [1.54, 1.807) is 0 Å². The van der Waals surface area contributed by atoms with Gasteiger partial charge < -0.3 is 0 Å². The van der Waals surface area contributed by atoms with E-state index in [2.05, 4.69) is 6.92 Å². The molecular formula is C13H29NS. The molecule has 0 aromatic heterocycles. The zero-order valence-electron chi connectivity index (χ0n) is 10.5. The van der Waals surface area contributed by atoms with E-state index >= 15 is 0 Å². The molecule has 0 aliphatic carbocycles. The summed E-state index contributed by atoms with van der Waals surface area (Å²) in [6.07, 6.45) is 15.6. The number of rotatable bonds is 12. The minimum Gasteiger partial charge on any atom is -0.278 e. The first-order valence-electron chi connectivity index (χ1n) is 6.73. The van der Waals surface area contributed by atoms with Crippen LogP contribution in [0.4, 0.5) is 0 Å². The van der Waals surface area contributed by atoms with Crippen LogP contribution in [0.5, 0.6) is 0 Å². The maximum Gasteiger partial charge on any atom is 0.00764 e. The maximum absolute atomic E-state index is 5.37. The smallest absolute Gasteiger partial charge is 0.00764 e. The van der Waals surface area contributed by atoms with Crippen molar-refractivity contribution in [1.82, 2.24) is 0 Å². The molecular weight excluding hydrogens is 202 g/mol. The highest BCUT2D eigenvalue weighted by Crippen LogP contribution is 2.11. The Balaban J connectivity index is 2.81. The Hall–Kier alpha value is 0.310. The van der Waals surface area contributed by atoms with E-state index in [0.717, 1.165) is 5.75 Å². The van der Waals surface area contributed by atoms with Gasteiger partial charge in [-0.2, -0.15) is 0 Å². The summed E-state index contributed by atoms with van der Waals surface area (Å²) in [5.41, 5.74) is 0. The molecule has 0 aromatic rings. The number of nitrogens with two attached hydrogens (primary N) is 1. The summed E-state index contributed by atoms with van der Waals surface area (Å²) in [5.74, 6) is 1.14. The summed E-state index contributed by atoms with van der Waals surface area (Å²) in [5, 5.41) is 5.37. The van der Waals surface area contributed by atoms with E-state index in [1.807, 2.05) is 0 Å². The molecule has 1 nitrogen and oxygen atoms in total. The van der Waals surface area contributed by atoms with Gasteiger partial charge in [0.1, 0.15) is 0 Å². The summed E-state index contributed by atoms with van der Waals surface area (Å²) in [6.45, 7) is 2.28. The van der Waals surface area contributed by atoms with Gasteiger partial charge in [-0.1, -0.05) is 83.1 Å². The molecule has 2 heteroatoms. The van der Waals surface area contributed by atoms with Crippen LogP contribution in [-0.4, -0.2) is 5.75 Å². The van der Waals surface area contributed by atoms with Crippen LogP contribution in [0, 0.1) is 0 Å². The lowest BCUT2D eigenvalue weighted by atomic mass is 10.1. The van der Waals surface area contributed by atoms with Crippen LogP contribution in [0.25, 0.3) is 0 Å². The molecule has 0 atom stereocenters. The van der Waals surface area contributed by atoms with Crippen LogP contribution in [0.2, 0.25) is 0 Å². The molecule has 92 valence electrons. The van der Waals surface area contributed by atoms with E-state index in [-0.39, 0.29) is 0 Å². The van der Waals surface area contributed by atoms with Crippen LogP contribution < -0.4 is 5.14 Å². The van der Waals surface area contributed by atoms with Crippen molar-refractivity contribution in [2.75, 3.05) is 5.75 Å². The van der Waals surface area contributed by atoms with Gasteiger partial charge in [-0.05, 0) is 6.42 Å². The average molecular weight is 231 g/mol. The molecule has 0 aliphatic heterocycles. The van der Waals surface area contributed by atoms with Crippen LogP contribution in [-0.2, 0) is 0 Å². The summed E-state index contributed by atoms with van der Waals surface area (Å²) < 4.78 is 0. The Kier molecular flexibility index (Phi) is 14.6. The molecule has 0 aliphatic rings. The van der Waals surface area contributed by atoms with Crippen LogP contribution in [0.15, 0.2) is 0 Å². The highest BCUT2D eigenvalue weighted by atomic mass is 32.2. The molecule has 0 radical (unpaired) electrons. The molecule has 0 heterocycles. The predicted octanol–water partition coefficient (Wildman–Crippen LogP) is 4.90. The van der Waals surface area contributed by atoms with E-state index in [0.29, 0.717) is 0 Å². The van der Waals surface area contributed by atoms with Gasteiger partial charge in [0, 0.05) is 5.75 Å². The van der Waals surface area contributed by atoms with Gasteiger partial charge in [-0.3, -0.25) is 5.14 Å². The lowest BCUT2D eigenvalue weighted by Crippen LogP contribution is -1.86. The van der Waals surface area contributed by atoms with E-state index in [9.17, 15) is 0 Å². The van der Waals surface area contributed by atoms with E-state index in [4.69, 9.17) is 5.14 Å². The van der Waals surface area contributed by atoms with Gasteiger partial charge in [0.25, 0.3) is 0 Å². The highest BCUT2D eigenvalue weighted by Gasteiger charge is 1.92. The van der Waals surface area contributed by atoms with Gasteiger partial charge in [0.05, 0.1) is 0 Å². The Morgan fingerprint density at radius 3 is 1.47 bits per heavy atom. The molecule has 2 N–H and O–H groups in total. The molecule has 0 saturated carbocycles. The quantitative estimate of drug-likeness (QED) is 0.382. The fourth-order valence-corrected chi connectivity index (χ4v) is 2.22. The van der Waals surface area contributed by atoms with Crippen LogP contribution in [0.1, 0.15) is 77.6 Å². The Morgan fingerprint density at radius 1 is 0.667 bits per heavy atom. The van der Waals surface area contributed by atoms with Crippen molar-refractivity contribution in [2.45, 2.75) is 77.6 Å². The summed E-state index contributed by atoms with van der Waals surface area (Å²) in [7, 11) is 0. The largest absolute Gasteiger partial charge is 0.278 e. The fourth-order valence-electron chi connectivity index (χ4n) is 1.85. The second-order valence-electron chi connectivity index (χ2n) is 4.41. The summed E-state index contributed by atoms with van der Waals surface area (Å²) in [6, 6.07) is 0. The first kappa shape index (κ1) is 15.3. The first-order chi connectivity index (χ1) is 7.41. The predicted molar refractivity (Wildman–Crippen MR) is 73.1 cm³/mol. The molecule has 0 amide bonds. The van der Waals surface area contributed by atoms with Crippen molar-refractivity contribution in [3.63, 3.8) is 0 Å². The fraction of sp³-hybridized carbons (Fsp3) is 1.00. The second kappa shape index (κ2) is 14.3. The third kappa shape index (κ3) is 14.3. The number of hydrogen-bond acceptors (Lipinski definition) is 2. The minimum atomic E-state index is 1.14. The molecule has 0 bridgehead atoms. The maximum atomic E-state index is 5.37. The zero-order chi connectivity index (χ0) is 11.2. The van der Waals surface area contributed by atoms with Crippen molar-refractivity contribution in [3.05, 3.63) is 0 Å².